The highest BCUT2D eigenvalue weighted by Crippen LogP contribution is 2.30. The maximum atomic E-state index is 13.0. The molecule has 4 rings (SSSR count). The Morgan fingerprint density at radius 2 is 1.97 bits per heavy atom. The van der Waals surface area contributed by atoms with Crippen molar-refractivity contribution in [2.45, 2.75) is 31.1 Å². The van der Waals surface area contributed by atoms with Gasteiger partial charge in [-0.15, -0.1) is 0 Å². The number of carbonyl (C=O) groups excluding carboxylic acids is 1. The van der Waals surface area contributed by atoms with E-state index in [2.05, 4.69) is 22.1 Å². The lowest BCUT2D eigenvalue weighted by Gasteiger charge is -2.31. The monoisotopic (exact) mass is 450 g/mol. The van der Waals surface area contributed by atoms with Gasteiger partial charge in [0.05, 0.1) is 34.4 Å². The molecule has 2 aromatic carbocycles. The minimum Gasteiger partial charge on any atom is -0.370 e. The van der Waals surface area contributed by atoms with Crippen LogP contribution in [0.2, 0.25) is 0 Å². The van der Waals surface area contributed by atoms with Gasteiger partial charge in [-0.2, -0.15) is 23.8 Å². The van der Waals surface area contributed by atoms with E-state index in [0.29, 0.717) is 29.9 Å². The Kier molecular flexibility index (Phi) is 5.82. The summed E-state index contributed by atoms with van der Waals surface area (Å²) >= 11 is 0. The molecule has 0 atom stereocenters. The highest BCUT2D eigenvalue weighted by molar-refractivity contribution is 7.85. The Bertz CT molecular complexity index is 1270. The van der Waals surface area contributed by atoms with E-state index >= 15 is 0 Å². The third kappa shape index (κ3) is 4.28. The number of anilines is 2. The van der Waals surface area contributed by atoms with Gasteiger partial charge >= 0.3 is 0 Å². The molecule has 0 spiro atoms. The van der Waals surface area contributed by atoms with Crippen molar-refractivity contribution < 1.29 is 17.8 Å². The summed E-state index contributed by atoms with van der Waals surface area (Å²) in [6.45, 7) is 3.39. The van der Waals surface area contributed by atoms with Gasteiger partial charge in [-0.3, -0.25) is 9.35 Å². The molecule has 8 nitrogen and oxygen atoms in total. The third-order valence-corrected chi connectivity index (χ3v) is 6.43. The number of carbonyl (C=O) groups is 1. The van der Waals surface area contributed by atoms with E-state index in [1.165, 1.54) is 34.8 Å². The summed E-state index contributed by atoms with van der Waals surface area (Å²) in [5, 5.41) is 14.4. The Hall–Kier alpha value is -3.48. The van der Waals surface area contributed by atoms with E-state index in [1.54, 1.807) is 6.92 Å². The molecular formula is C23H22N4O4S. The van der Waals surface area contributed by atoms with Crippen molar-refractivity contribution >= 4 is 39.2 Å². The van der Waals surface area contributed by atoms with Gasteiger partial charge in [-0.05, 0) is 73.4 Å². The average Bonchev–Trinajstić information content (AvgIpc) is 3.05. The molecule has 1 amide bonds. The minimum atomic E-state index is -4.31. The molecule has 0 unspecified atom stereocenters. The van der Waals surface area contributed by atoms with Gasteiger partial charge in [0.25, 0.3) is 16.0 Å². The van der Waals surface area contributed by atoms with Crippen molar-refractivity contribution in [3.63, 3.8) is 0 Å². The first-order valence-corrected chi connectivity index (χ1v) is 11.7. The van der Waals surface area contributed by atoms with Crippen LogP contribution in [0.15, 0.2) is 58.0 Å². The van der Waals surface area contributed by atoms with Crippen LogP contribution < -0.4 is 9.91 Å². The lowest BCUT2D eigenvalue weighted by molar-refractivity contribution is -0.114. The molecule has 0 aromatic heterocycles. The van der Waals surface area contributed by atoms with Crippen molar-refractivity contribution in [2.24, 2.45) is 5.10 Å². The lowest BCUT2D eigenvalue weighted by atomic mass is 9.97. The van der Waals surface area contributed by atoms with Gasteiger partial charge in [0.1, 0.15) is 0 Å². The number of fused-ring (bicyclic) bond motifs is 1. The van der Waals surface area contributed by atoms with Crippen molar-refractivity contribution in [1.29, 1.82) is 5.26 Å². The van der Waals surface area contributed by atoms with Crippen LogP contribution in [-0.2, 0) is 21.3 Å². The molecule has 0 saturated carbocycles. The van der Waals surface area contributed by atoms with Crippen LogP contribution in [0.5, 0.6) is 0 Å². The highest BCUT2D eigenvalue weighted by Gasteiger charge is 2.29. The number of hydrazone groups is 1. The Morgan fingerprint density at radius 3 is 2.66 bits per heavy atom. The fourth-order valence-corrected chi connectivity index (χ4v) is 4.47. The smallest absolute Gasteiger partial charge is 0.294 e. The molecule has 0 saturated heterocycles. The molecule has 2 aliphatic heterocycles. The Balaban J connectivity index is 1.58. The summed E-state index contributed by atoms with van der Waals surface area (Å²) < 4.78 is 31.6. The van der Waals surface area contributed by atoms with E-state index in [1.807, 2.05) is 18.2 Å². The van der Waals surface area contributed by atoms with Gasteiger partial charge in [0.15, 0.2) is 0 Å². The van der Waals surface area contributed by atoms with Crippen LogP contribution in [0.4, 0.5) is 11.4 Å². The standard InChI is InChI=1S/C23H22N4O4S/c1-16-21(23(28)27(25-16)19-6-8-20(9-7-19)32(29,30)31)15-17-5-10-22-18(14-17)4-2-12-26(22)13-3-11-24/h5-10,14-15H,2-4,12-13H2,1H3,(H,29,30,31)/b21-15-. The Morgan fingerprint density at radius 1 is 1.22 bits per heavy atom. The molecule has 32 heavy (non-hydrogen) atoms. The second-order valence-electron chi connectivity index (χ2n) is 7.72. The van der Waals surface area contributed by atoms with Crippen molar-refractivity contribution in [2.75, 3.05) is 23.0 Å². The number of aryl methyl sites for hydroxylation is 1. The van der Waals surface area contributed by atoms with Crippen LogP contribution in [0.1, 0.15) is 30.9 Å². The maximum Gasteiger partial charge on any atom is 0.294 e. The van der Waals surface area contributed by atoms with Gasteiger partial charge in [0.2, 0.25) is 0 Å². The number of hydrogen-bond donors (Lipinski definition) is 1. The van der Waals surface area contributed by atoms with Crippen LogP contribution in [0.25, 0.3) is 6.08 Å². The number of hydrogen-bond acceptors (Lipinski definition) is 6. The molecule has 0 aliphatic carbocycles. The molecule has 0 fully saturated rings. The first kappa shape index (κ1) is 21.7. The average molecular weight is 451 g/mol. The molecule has 2 aromatic rings. The quantitative estimate of drug-likeness (QED) is 0.552. The summed E-state index contributed by atoms with van der Waals surface area (Å²) in [6.07, 6.45) is 4.26. The van der Waals surface area contributed by atoms with E-state index in [-0.39, 0.29) is 10.8 Å². The SMILES string of the molecule is CC1=NN(c2ccc(S(=O)(=O)O)cc2)C(=O)/C1=C\c1ccc2c(c1)CCCN2CCC#N. The van der Waals surface area contributed by atoms with Crippen LogP contribution in [0, 0.1) is 11.3 Å². The van der Waals surface area contributed by atoms with Crippen molar-refractivity contribution in [1.82, 2.24) is 0 Å². The van der Waals surface area contributed by atoms with Gasteiger partial charge in [-0.25, -0.2) is 0 Å². The maximum absolute atomic E-state index is 13.0. The van der Waals surface area contributed by atoms with Crippen molar-refractivity contribution in [3.05, 3.63) is 59.2 Å². The molecule has 9 heteroatoms. The zero-order chi connectivity index (χ0) is 22.9. The largest absolute Gasteiger partial charge is 0.370 e. The van der Waals surface area contributed by atoms with Crippen LogP contribution in [-0.4, -0.2) is 37.7 Å². The predicted molar refractivity (Wildman–Crippen MR) is 122 cm³/mol. The number of rotatable bonds is 5. The third-order valence-electron chi connectivity index (χ3n) is 5.56. The molecule has 2 aliphatic rings. The molecular weight excluding hydrogens is 428 g/mol. The number of nitriles is 1. The topological polar surface area (TPSA) is 114 Å². The van der Waals surface area contributed by atoms with E-state index < -0.39 is 10.1 Å². The van der Waals surface area contributed by atoms with E-state index in [9.17, 15) is 13.2 Å². The number of amides is 1. The van der Waals surface area contributed by atoms with Crippen LogP contribution in [0.3, 0.4) is 0 Å². The summed E-state index contributed by atoms with van der Waals surface area (Å²) in [5.41, 5.74) is 4.65. The molecule has 164 valence electrons. The summed E-state index contributed by atoms with van der Waals surface area (Å²) in [5.74, 6) is -0.310. The van der Waals surface area contributed by atoms with Gasteiger partial charge in [0, 0.05) is 18.8 Å². The molecule has 0 radical (unpaired) electrons. The zero-order valence-electron chi connectivity index (χ0n) is 17.5. The minimum absolute atomic E-state index is 0.248. The second kappa shape index (κ2) is 8.57. The number of benzene rings is 2. The predicted octanol–water partition coefficient (Wildman–Crippen LogP) is 3.41. The summed E-state index contributed by atoms with van der Waals surface area (Å²) in [4.78, 5) is 15.0. The summed E-state index contributed by atoms with van der Waals surface area (Å²) in [7, 11) is -4.31. The lowest BCUT2D eigenvalue weighted by Crippen LogP contribution is -2.30. The van der Waals surface area contributed by atoms with Crippen LogP contribution >= 0.6 is 0 Å². The first-order valence-electron chi connectivity index (χ1n) is 10.2. The first-order chi connectivity index (χ1) is 15.3. The summed E-state index contributed by atoms with van der Waals surface area (Å²) in [6, 6.07) is 13.6. The van der Waals surface area contributed by atoms with Crippen molar-refractivity contribution in [3.8, 4) is 6.07 Å². The Labute approximate surface area is 186 Å². The zero-order valence-corrected chi connectivity index (χ0v) is 18.3. The van der Waals surface area contributed by atoms with E-state index in [0.717, 1.165) is 30.6 Å². The second-order valence-corrected chi connectivity index (χ2v) is 9.14. The molecule has 0 bridgehead atoms. The molecule has 2 heterocycles. The number of nitrogens with zero attached hydrogens (tertiary/aromatic N) is 4. The van der Waals surface area contributed by atoms with Gasteiger partial charge in [-0.1, -0.05) is 6.07 Å². The molecule has 1 N–H and O–H groups in total. The normalized spacial score (nSPS) is 17.3. The van der Waals surface area contributed by atoms with E-state index in [4.69, 9.17) is 9.81 Å². The van der Waals surface area contributed by atoms with Gasteiger partial charge < -0.3 is 4.90 Å². The fourth-order valence-electron chi connectivity index (χ4n) is 3.99. The highest BCUT2D eigenvalue weighted by atomic mass is 32.2. The fraction of sp³-hybridized carbons (Fsp3) is 0.261.